The molecule has 0 atom stereocenters. The normalized spacial score (nSPS) is 16.0. The maximum Gasteiger partial charge on any atom is 0.227 e. The average Bonchev–Trinajstić information content (AvgIpc) is 2.59. The molecule has 1 aliphatic rings. The van der Waals surface area contributed by atoms with E-state index in [2.05, 4.69) is 44.3 Å². The van der Waals surface area contributed by atoms with E-state index in [0.717, 1.165) is 48.2 Å². The SMILES string of the molecule is Cc1c(Cl)cccc1NC(=O)C1CCN(Cc2cccc(Br)c2)CC1. The Morgan fingerprint density at radius 1 is 1.24 bits per heavy atom. The largest absolute Gasteiger partial charge is 0.326 e. The first-order valence-corrected chi connectivity index (χ1v) is 9.73. The molecular weight excluding hydrogens is 400 g/mol. The number of nitrogens with zero attached hydrogens (tertiary/aromatic N) is 1. The van der Waals surface area contributed by atoms with E-state index >= 15 is 0 Å². The van der Waals surface area contributed by atoms with Gasteiger partial charge >= 0.3 is 0 Å². The molecule has 3 nitrogen and oxygen atoms in total. The van der Waals surface area contributed by atoms with E-state index in [4.69, 9.17) is 11.6 Å². The number of carbonyl (C=O) groups excluding carboxylic acids is 1. The van der Waals surface area contributed by atoms with Crippen LogP contribution in [0.5, 0.6) is 0 Å². The van der Waals surface area contributed by atoms with Gasteiger partial charge in [0.2, 0.25) is 5.91 Å². The number of rotatable bonds is 4. The van der Waals surface area contributed by atoms with Crippen LogP contribution in [0.4, 0.5) is 5.69 Å². The average molecular weight is 422 g/mol. The second kappa shape index (κ2) is 8.35. The Morgan fingerprint density at radius 2 is 1.96 bits per heavy atom. The summed E-state index contributed by atoms with van der Waals surface area (Å²) in [6, 6.07) is 14.0. The van der Waals surface area contributed by atoms with Crippen molar-refractivity contribution in [2.45, 2.75) is 26.3 Å². The molecule has 1 heterocycles. The topological polar surface area (TPSA) is 32.3 Å². The molecule has 2 aromatic rings. The lowest BCUT2D eigenvalue weighted by Crippen LogP contribution is -2.37. The molecule has 0 spiro atoms. The van der Waals surface area contributed by atoms with E-state index in [1.54, 1.807) is 0 Å². The second-order valence-corrected chi connectivity index (χ2v) is 7.90. The summed E-state index contributed by atoms with van der Waals surface area (Å²) < 4.78 is 1.11. The first-order chi connectivity index (χ1) is 12.0. The number of nitrogens with one attached hydrogen (secondary N) is 1. The van der Waals surface area contributed by atoms with E-state index in [1.165, 1.54) is 5.56 Å². The Morgan fingerprint density at radius 3 is 2.68 bits per heavy atom. The van der Waals surface area contributed by atoms with Crippen molar-refractivity contribution in [3.05, 3.63) is 63.1 Å². The van der Waals surface area contributed by atoms with E-state index < -0.39 is 0 Å². The van der Waals surface area contributed by atoms with Crippen molar-refractivity contribution in [1.29, 1.82) is 0 Å². The Bertz CT molecular complexity index is 757. The Hall–Kier alpha value is -1.36. The molecule has 0 bridgehead atoms. The van der Waals surface area contributed by atoms with Crippen LogP contribution in [0.3, 0.4) is 0 Å². The predicted molar refractivity (Wildman–Crippen MR) is 107 cm³/mol. The lowest BCUT2D eigenvalue weighted by molar-refractivity contribution is -0.121. The van der Waals surface area contributed by atoms with Crippen LogP contribution < -0.4 is 5.32 Å². The zero-order valence-electron chi connectivity index (χ0n) is 14.3. The molecule has 1 fully saturated rings. The highest BCUT2D eigenvalue weighted by Gasteiger charge is 2.25. The predicted octanol–water partition coefficient (Wildman–Crippen LogP) is 5.26. The Balaban J connectivity index is 1.53. The van der Waals surface area contributed by atoms with Gasteiger partial charge in [-0.1, -0.05) is 45.7 Å². The van der Waals surface area contributed by atoms with Gasteiger partial charge in [0.1, 0.15) is 0 Å². The first-order valence-electron chi connectivity index (χ1n) is 8.55. The summed E-state index contributed by atoms with van der Waals surface area (Å²) in [5, 5.41) is 3.73. The van der Waals surface area contributed by atoms with Gasteiger partial charge in [0, 0.05) is 27.6 Å². The number of amides is 1. The van der Waals surface area contributed by atoms with Crippen molar-refractivity contribution < 1.29 is 4.79 Å². The van der Waals surface area contributed by atoms with Crippen molar-refractivity contribution in [3.8, 4) is 0 Å². The molecule has 2 aromatic carbocycles. The first kappa shape index (κ1) is 18.4. The van der Waals surface area contributed by atoms with Crippen molar-refractivity contribution >= 4 is 39.1 Å². The molecule has 1 amide bonds. The fourth-order valence-corrected chi connectivity index (χ4v) is 3.85. The lowest BCUT2D eigenvalue weighted by atomic mass is 9.95. The molecule has 25 heavy (non-hydrogen) atoms. The van der Waals surface area contributed by atoms with Crippen LogP contribution in [0.1, 0.15) is 24.0 Å². The Kier molecular flexibility index (Phi) is 6.15. The van der Waals surface area contributed by atoms with Gasteiger partial charge in [-0.15, -0.1) is 0 Å². The van der Waals surface area contributed by atoms with E-state index in [-0.39, 0.29) is 11.8 Å². The van der Waals surface area contributed by atoms with Gasteiger partial charge in [-0.2, -0.15) is 0 Å². The highest BCUT2D eigenvalue weighted by molar-refractivity contribution is 9.10. The number of anilines is 1. The summed E-state index contributed by atoms with van der Waals surface area (Å²) in [5.41, 5.74) is 3.03. The van der Waals surface area contributed by atoms with Crippen LogP contribution in [0.15, 0.2) is 46.9 Å². The number of likely N-dealkylation sites (tertiary alicyclic amines) is 1. The monoisotopic (exact) mass is 420 g/mol. The van der Waals surface area contributed by atoms with Crippen molar-refractivity contribution in [1.82, 2.24) is 4.90 Å². The summed E-state index contributed by atoms with van der Waals surface area (Å²) in [6.45, 7) is 4.75. The van der Waals surface area contributed by atoms with Gasteiger partial charge < -0.3 is 5.32 Å². The smallest absolute Gasteiger partial charge is 0.227 e. The van der Waals surface area contributed by atoms with Crippen LogP contribution in [0.25, 0.3) is 0 Å². The lowest BCUT2D eigenvalue weighted by Gasteiger charge is -2.31. The molecule has 3 rings (SSSR count). The zero-order chi connectivity index (χ0) is 17.8. The molecule has 1 N–H and O–H groups in total. The number of piperidine rings is 1. The van der Waals surface area contributed by atoms with Gasteiger partial charge in [-0.05, 0) is 68.2 Å². The fraction of sp³-hybridized carbons (Fsp3) is 0.350. The molecule has 0 radical (unpaired) electrons. The molecule has 132 valence electrons. The molecule has 0 aromatic heterocycles. The third-order valence-electron chi connectivity index (χ3n) is 4.78. The van der Waals surface area contributed by atoms with Gasteiger partial charge in [0.05, 0.1) is 0 Å². The quantitative estimate of drug-likeness (QED) is 0.730. The summed E-state index contributed by atoms with van der Waals surface area (Å²) in [6.07, 6.45) is 1.78. The highest BCUT2D eigenvalue weighted by Crippen LogP contribution is 2.26. The number of halogens is 2. The number of carbonyl (C=O) groups is 1. The van der Waals surface area contributed by atoms with Crippen molar-refractivity contribution in [3.63, 3.8) is 0 Å². The maximum absolute atomic E-state index is 12.6. The van der Waals surface area contributed by atoms with Crippen molar-refractivity contribution in [2.24, 2.45) is 5.92 Å². The molecule has 0 unspecified atom stereocenters. The van der Waals surface area contributed by atoms with Crippen molar-refractivity contribution in [2.75, 3.05) is 18.4 Å². The highest BCUT2D eigenvalue weighted by atomic mass is 79.9. The zero-order valence-corrected chi connectivity index (χ0v) is 16.6. The number of benzene rings is 2. The van der Waals surface area contributed by atoms with Gasteiger partial charge in [-0.25, -0.2) is 0 Å². The van der Waals surface area contributed by atoms with Crippen LogP contribution in [-0.2, 0) is 11.3 Å². The number of hydrogen-bond donors (Lipinski definition) is 1. The molecule has 1 aliphatic heterocycles. The second-order valence-electron chi connectivity index (χ2n) is 6.58. The third kappa shape index (κ3) is 4.84. The summed E-state index contributed by atoms with van der Waals surface area (Å²) in [5.74, 6) is 0.171. The van der Waals surface area contributed by atoms with E-state index in [9.17, 15) is 4.79 Å². The van der Waals surface area contributed by atoms with Gasteiger partial charge in [-0.3, -0.25) is 9.69 Å². The van der Waals surface area contributed by atoms with Gasteiger partial charge in [0.15, 0.2) is 0 Å². The van der Waals surface area contributed by atoms with Crippen LogP contribution in [0.2, 0.25) is 5.02 Å². The van der Waals surface area contributed by atoms with Crippen LogP contribution in [-0.4, -0.2) is 23.9 Å². The molecule has 0 saturated carbocycles. The minimum absolute atomic E-state index is 0.0668. The van der Waals surface area contributed by atoms with Crippen LogP contribution >= 0.6 is 27.5 Å². The third-order valence-corrected chi connectivity index (χ3v) is 5.68. The standard InChI is InChI=1S/C20H22BrClN2O/c1-14-18(22)6-3-7-19(14)23-20(25)16-8-10-24(11-9-16)13-15-4-2-5-17(21)12-15/h2-7,12,16H,8-11,13H2,1H3,(H,23,25). The molecular formula is C20H22BrClN2O. The Labute approximate surface area is 162 Å². The van der Waals surface area contributed by atoms with E-state index in [0.29, 0.717) is 5.02 Å². The van der Waals surface area contributed by atoms with E-state index in [1.807, 2.05) is 31.2 Å². The summed E-state index contributed by atoms with van der Waals surface area (Å²) in [4.78, 5) is 15.0. The summed E-state index contributed by atoms with van der Waals surface area (Å²) in [7, 11) is 0. The minimum atomic E-state index is 0.0668. The fourth-order valence-electron chi connectivity index (χ4n) is 3.22. The molecule has 0 aliphatic carbocycles. The minimum Gasteiger partial charge on any atom is -0.326 e. The maximum atomic E-state index is 12.6. The van der Waals surface area contributed by atoms with Crippen LogP contribution in [0, 0.1) is 12.8 Å². The van der Waals surface area contributed by atoms with Gasteiger partial charge in [0.25, 0.3) is 0 Å². The molecule has 1 saturated heterocycles. The summed E-state index contributed by atoms with van der Waals surface area (Å²) >= 11 is 9.65. The number of hydrogen-bond acceptors (Lipinski definition) is 2. The molecule has 5 heteroatoms.